The van der Waals surface area contributed by atoms with Gasteiger partial charge in [0, 0.05) is 11.0 Å². The van der Waals surface area contributed by atoms with Crippen LogP contribution >= 0.6 is 11.3 Å². The van der Waals surface area contributed by atoms with Gasteiger partial charge in [-0.25, -0.2) is 4.79 Å². The molecule has 0 aromatic carbocycles. The van der Waals surface area contributed by atoms with Gasteiger partial charge in [0.05, 0.1) is 11.4 Å². The number of carbonyl (C=O) groups is 2. The zero-order valence-corrected chi connectivity index (χ0v) is 10.3. The molecular weight excluding hydrogens is 270 g/mol. The summed E-state index contributed by atoms with van der Waals surface area (Å²) in [5.41, 5.74) is 0. The van der Waals surface area contributed by atoms with E-state index in [1.165, 1.54) is 17.4 Å². The normalized spacial score (nSPS) is 10.7. The summed E-state index contributed by atoms with van der Waals surface area (Å²) in [5.74, 6) is -0.919. The smallest absolute Gasteiger partial charge is 0.328 e. The van der Waals surface area contributed by atoms with E-state index in [0.29, 0.717) is 15.6 Å². The Hall–Kier alpha value is -2.55. The molecule has 9 heteroatoms. The third-order valence-electron chi connectivity index (χ3n) is 2.04. The van der Waals surface area contributed by atoms with E-state index >= 15 is 0 Å². The average Bonchev–Trinajstić information content (AvgIpc) is 3.04. The first kappa shape index (κ1) is 12.9. The third kappa shape index (κ3) is 3.71. The number of tetrazole rings is 1. The summed E-state index contributed by atoms with van der Waals surface area (Å²) in [7, 11) is 0. The van der Waals surface area contributed by atoms with Crippen LogP contribution in [-0.4, -0.2) is 37.6 Å². The number of aromatic nitrogens is 4. The Morgan fingerprint density at radius 1 is 1.47 bits per heavy atom. The molecule has 2 rings (SSSR count). The van der Waals surface area contributed by atoms with E-state index in [1.54, 1.807) is 12.1 Å². The highest BCUT2D eigenvalue weighted by Crippen LogP contribution is 2.17. The first-order valence-corrected chi connectivity index (χ1v) is 5.98. The zero-order valence-electron chi connectivity index (χ0n) is 9.53. The second-order valence-corrected chi connectivity index (χ2v) is 4.50. The number of nitrogens with one attached hydrogen (secondary N) is 2. The van der Waals surface area contributed by atoms with E-state index in [2.05, 4.69) is 25.9 Å². The number of aliphatic carboxylic acids is 1. The van der Waals surface area contributed by atoms with E-state index in [-0.39, 0.29) is 12.5 Å². The molecule has 0 aliphatic heterocycles. The van der Waals surface area contributed by atoms with E-state index in [9.17, 15) is 9.59 Å². The van der Waals surface area contributed by atoms with Gasteiger partial charge in [-0.2, -0.15) is 5.21 Å². The minimum atomic E-state index is -1.03. The number of nitrogens with zero attached hydrogens (tertiary/aromatic N) is 3. The topological polar surface area (TPSA) is 121 Å². The summed E-state index contributed by atoms with van der Waals surface area (Å²) >= 11 is 1.19. The molecule has 2 aromatic heterocycles. The first-order valence-electron chi connectivity index (χ1n) is 5.16. The van der Waals surface area contributed by atoms with Gasteiger partial charge in [-0.05, 0) is 18.2 Å². The fraction of sp³-hybridized carbons (Fsp3) is 0.100. The van der Waals surface area contributed by atoms with E-state index in [1.807, 2.05) is 0 Å². The minimum Gasteiger partial charge on any atom is -0.478 e. The minimum absolute atomic E-state index is 0.174. The van der Waals surface area contributed by atoms with Gasteiger partial charge >= 0.3 is 5.97 Å². The van der Waals surface area contributed by atoms with Crippen LogP contribution in [0.1, 0.15) is 20.4 Å². The maximum Gasteiger partial charge on any atom is 0.328 e. The van der Waals surface area contributed by atoms with Gasteiger partial charge in [0.15, 0.2) is 5.82 Å². The van der Waals surface area contributed by atoms with Crippen LogP contribution in [0.2, 0.25) is 0 Å². The van der Waals surface area contributed by atoms with Gasteiger partial charge in [-0.3, -0.25) is 4.79 Å². The predicted octanol–water partition coefficient (Wildman–Crippen LogP) is 0.289. The first-order chi connectivity index (χ1) is 9.15. The molecule has 0 radical (unpaired) electrons. The molecule has 2 aromatic rings. The molecule has 0 atom stereocenters. The van der Waals surface area contributed by atoms with Crippen molar-refractivity contribution >= 4 is 29.3 Å². The van der Waals surface area contributed by atoms with Crippen molar-refractivity contribution in [3.63, 3.8) is 0 Å². The van der Waals surface area contributed by atoms with Crippen molar-refractivity contribution in [2.45, 2.75) is 6.54 Å². The number of carboxylic acids is 1. The van der Waals surface area contributed by atoms with Gasteiger partial charge in [0.25, 0.3) is 5.91 Å². The Labute approximate surface area is 111 Å². The van der Waals surface area contributed by atoms with Crippen molar-refractivity contribution in [3.05, 3.63) is 33.8 Å². The number of hydrogen-bond donors (Lipinski definition) is 3. The van der Waals surface area contributed by atoms with Crippen LogP contribution in [0.4, 0.5) is 0 Å². The fourth-order valence-corrected chi connectivity index (χ4v) is 2.05. The molecule has 0 unspecified atom stereocenters. The number of hydrogen-bond acceptors (Lipinski definition) is 6. The number of carboxylic acid groups (broad SMARTS) is 1. The Balaban J connectivity index is 1.94. The average molecular weight is 279 g/mol. The largest absolute Gasteiger partial charge is 0.478 e. The molecule has 3 N–H and O–H groups in total. The second kappa shape index (κ2) is 5.87. The molecule has 1 amide bonds. The standard InChI is InChI=1S/C10H9N5O3S/c16-9(17)4-2-6-1-3-7(19-6)10(18)11-5-8-12-14-15-13-8/h1-4H,5H2,(H,11,18)(H,16,17)(H,12,13,14,15). The second-order valence-electron chi connectivity index (χ2n) is 3.38. The van der Waals surface area contributed by atoms with Crippen molar-refractivity contribution < 1.29 is 14.7 Å². The maximum atomic E-state index is 11.8. The third-order valence-corrected chi connectivity index (χ3v) is 3.09. The van der Waals surface area contributed by atoms with Crippen molar-refractivity contribution in [2.75, 3.05) is 0 Å². The Kier molecular flexibility index (Phi) is 3.98. The Morgan fingerprint density at radius 2 is 2.32 bits per heavy atom. The molecule has 0 aliphatic rings. The van der Waals surface area contributed by atoms with Gasteiger partial charge in [-0.15, -0.1) is 21.5 Å². The monoisotopic (exact) mass is 279 g/mol. The zero-order chi connectivity index (χ0) is 13.7. The van der Waals surface area contributed by atoms with Crippen molar-refractivity contribution in [3.8, 4) is 0 Å². The van der Waals surface area contributed by atoms with Crippen LogP contribution in [0.5, 0.6) is 0 Å². The number of rotatable bonds is 5. The maximum absolute atomic E-state index is 11.8. The van der Waals surface area contributed by atoms with Crippen LogP contribution in [-0.2, 0) is 11.3 Å². The van der Waals surface area contributed by atoms with Crippen LogP contribution in [0.15, 0.2) is 18.2 Å². The lowest BCUT2D eigenvalue weighted by molar-refractivity contribution is -0.131. The number of thiophene rings is 1. The lowest BCUT2D eigenvalue weighted by atomic mass is 10.4. The summed E-state index contributed by atoms with van der Waals surface area (Å²) < 4.78 is 0. The molecule has 98 valence electrons. The van der Waals surface area contributed by atoms with Gasteiger partial charge in [0.1, 0.15) is 0 Å². The molecule has 0 spiro atoms. The lowest BCUT2D eigenvalue weighted by Crippen LogP contribution is -2.22. The van der Waals surface area contributed by atoms with Crippen molar-refractivity contribution in [1.29, 1.82) is 0 Å². The van der Waals surface area contributed by atoms with Gasteiger partial charge < -0.3 is 10.4 Å². The summed E-state index contributed by atoms with van der Waals surface area (Å²) in [5, 5.41) is 24.2. The summed E-state index contributed by atoms with van der Waals surface area (Å²) in [6, 6.07) is 3.30. The molecular formula is C10H9N5O3S. The highest BCUT2D eigenvalue weighted by Gasteiger charge is 2.09. The van der Waals surface area contributed by atoms with Crippen LogP contribution < -0.4 is 5.32 Å². The van der Waals surface area contributed by atoms with E-state index < -0.39 is 5.97 Å². The number of H-pyrrole nitrogens is 1. The fourth-order valence-electron chi connectivity index (χ4n) is 1.22. The quantitative estimate of drug-likeness (QED) is 0.676. The van der Waals surface area contributed by atoms with Crippen LogP contribution in [0.25, 0.3) is 6.08 Å². The molecule has 0 saturated heterocycles. The Bertz CT molecular complexity index is 604. The number of amides is 1. The summed E-state index contributed by atoms with van der Waals surface area (Å²) in [4.78, 5) is 23.3. The molecule has 0 aliphatic carbocycles. The van der Waals surface area contributed by atoms with Gasteiger partial charge in [0.2, 0.25) is 0 Å². The molecule has 2 heterocycles. The van der Waals surface area contributed by atoms with Gasteiger partial charge in [-0.1, -0.05) is 5.21 Å². The van der Waals surface area contributed by atoms with E-state index in [0.717, 1.165) is 6.08 Å². The van der Waals surface area contributed by atoms with Crippen molar-refractivity contribution in [2.24, 2.45) is 0 Å². The number of carbonyl (C=O) groups excluding carboxylic acids is 1. The van der Waals surface area contributed by atoms with Crippen LogP contribution in [0, 0.1) is 0 Å². The summed E-state index contributed by atoms with van der Waals surface area (Å²) in [6.45, 7) is 0.174. The van der Waals surface area contributed by atoms with Crippen molar-refractivity contribution in [1.82, 2.24) is 25.9 Å². The SMILES string of the molecule is O=C(O)C=Cc1ccc(C(=O)NCc2nn[nH]n2)s1. The summed E-state index contributed by atoms with van der Waals surface area (Å²) in [6.07, 6.45) is 2.45. The van der Waals surface area contributed by atoms with Crippen LogP contribution in [0.3, 0.4) is 0 Å². The molecule has 8 nitrogen and oxygen atoms in total. The highest BCUT2D eigenvalue weighted by atomic mass is 32.1. The highest BCUT2D eigenvalue weighted by molar-refractivity contribution is 7.14. The Morgan fingerprint density at radius 3 is 3.00 bits per heavy atom. The predicted molar refractivity (Wildman–Crippen MR) is 66.3 cm³/mol. The number of aromatic amines is 1. The molecule has 0 bridgehead atoms. The molecule has 0 saturated carbocycles. The lowest BCUT2D eigenvalue weighted by Gasteiger charge is -1.98. The molecule has 0 fully saturated rings. The van der Waals surface area contributed by atoms with E-state index in [4.69, 9.17) is 5.11 Å². The molecule has 19 heavy (non-hydrogen) atoms.